The Hall–Kier alpha value is -1.88. The molecule has 0 fully saturated rings. The highest BCUT2D eigenvalue weighted by Crippen LogP contribution is 2.16. The second-order valence-electron chi connectivity index (χ2n) is 4.22. The van der Waals surface area contributed by atoms with Crippen molar-refractivity contribution in [3.05, 3.63) is 29.3 Å². The van der Waals surface area contributed by atoms with Gasteiger partial charge in [-0.1, -0.05) is 6.92 Å². The van der Waals surface area contributed by atoms with Crippen molar-refractivity contribution in [3.8, 4) is 0 Å². The van der Waals surface area contributed by atoms with Crippen LogP contribution < -0.4 is 16.0 Å². The molecule has 0 atom stereocenters. The molecule has 1 aromatic carbocycles. The Morgan fingerprint density at radius 2 is 1.89 bits per heavy atom. The van der Waals surface area contributed by atoms with Crippen LogP contribution in [0, 0.1) is 6.92 Å². The molecule has 0 radical (unpaired) electrons. The third-order valence-electron chi connectivity index (χ3n) is 2.64. The van der Waals surface area contributed by atoms with E-state index in [1.165, 1.54) is 0 Å². The number of anilines is 1. The summed E-state index contributed by atoms with van der Waals surface area (Å²) < 4.78 is 0. The maximum absolute atomic E-state index is 11.7. The molecule has 0 heterocycles. The van der Waals surface area contributed by atoms with E-state index >= 15 is 0 Å². The first-order valence-electron chi connectivity index (χ1n) is 6.47. The van der Waals surface area contributed by atoms with E-state index in [0.29, 0.717) is 12.1 Å². The van der Waals surface area contributed by atoms with Gasteiger partial charge in [-0.15, -0.1) is 0 Å². The normalized spacial score (nSPS) is 10.1. The summed E-state index contributed by atoms with van der Waals surface area (Å²) in [6, 6.07) is 5.23. The second kappa shape index (κ2) is 7.53. The van der Waals surface area contributed by atoms with Crippen LogP contribution >= 0.6 is 0 Å². The van der Waals surface area contributed by atoms with Crippen LogP contribution in [0.3, 0.4) is 0 Å². The van der Waals surface area contributed by atoms with E-state index in [-0.39, 0.29) is 18.4 Å². The predicted octanol–water partition coefficient (Wildman–Crippen LogP) is 1.29. The minimum Gasteiger partial charge on any atom is -0.352 e. The molecule has 1 rings (SSSR count). The number of aryl methyl sites for hydroxylation is 1. The number of carbonyl (C=O) groups excluding carboxylic acids is 2. The van der Waals surface area contributed by atoms with Crippen molar-refractivity contribution in [3.63, 3.8) is 0 Å². The highest BCUT2D eigenvalue weighted by Gasteiger charge is 2.08. The summed E-state index contributed by atoms with van der Waals surface area (Å²) in [5.41, 5.74) is 2.20. The molecule has 0 unspecified atom stereocenters. The Labute approximate surface area is 113 Å². The average molecular weight is 263 g/mol. The monoisotopic (exact) mass is 263 g/mol. The van der Waals surface area contributed by atoms with E-state index in [0.717, 1.165) is 17.8 Å². The second-order valence-corrected chi connectivity index (χ2v) is 4.22. The van der Waals surface area contributed by atoms with Crippen LogP contribution in [0.2, 0.25) is 0 Å². The highest BCUT2D eigenvalue weighted by atomic mass is 16.2. The summed E-state index contributed by atoms with van der Waals surface area (Å²) in [7, 11) is 0. The molecule has 0 aliphatic carbocycles. The zero-order valence-corrected chi connectivity index (χ0v) is 11.7. The lowest BCUT2D eigenvalue weighted by atomic mass is 10.1. The predicted molar refractivity (Wildman–Crippen MR) is 76.4 cm³/mol. The third-order valence-corrected chi connectivity index (χ3v) is 2.64. The van der Waals surface area contributed by atoms with Crippen LogP contribution in [0.5, 0.6) is 0 Å². The summed E-state index contributed by atoms with van der Waals surface area (Å²) in [6.07, 6.45) is 0. The first-order chi connectivity index (χ1) is 9.08. The number of amides is 2. The molecule has 0 aliphatic heterocycles. The van der Waals surface area contributed by atoms with E-state index in [4.69, 9.17) is 0 Å². The van der Waals surface area contributed by atoms with Crippen LogP contribution in [-0.2, 0) is 4.79 Å². The number of benzene rings is 1. The summed E-state index contributed by atoms with van der Waals surface area (Å²) in [5.74, 6) is -0.188. The van der Waals surface area contributed by atoms with Gasteiger partial charge in [0.25, 0.3) is 5.91 Å². The summed E-state index contributed by atoms with van der Waals surface area (Å²) in [5, 5.41) is 8.51. The topological polar surface area (TPSA) is 70.2 Å². The molecule has 19 heavy (non-hydrogen) atoms. The zero-order valence-electron chi connectivity index (χ0n) is 11.7. The summed E-state index contributed by atoms with van der Waals surface area (Å²) >= 11 is 0. The van der Waals surface area contributed by atoms with E-state index in [9.17, 15) is 9.59 Å². The molecule has 0 aliphatic rings. The SMILES string of the molecule is CCNCC(=O)Nc1ccc(C(=O)NCC)cc1C. The van der Waals surface area contributed by atoms with Gasteiger partial charge in [0.05, 0.1) is 6.54 Å². The lowest BCUT2D eigenvalue weighted by Crippen LogP contribution is -2.28. The molecule has 5 nitrogen and oxygen atoms in total. The number of carbonyl (C=O) groups is 2. The Morgan fingerprint density at radius 1 is 1.16 bits per heavy atom. The number of nitrogens with one attached hydrogen (secondary N) is 3. The van der Waals surface area contributed by atoms with E-state index < -0.39 is 0 Å². The van der Waals surface area contributed by atoms with Gasteiger partial charge in [0, 0.05) is 17.8 Å². The largest absolute Gasteiger partial charge is 0.352 e. The summed E-state index contributed by atoms with van der Waals surface area (Å²) in [6.45, 7) is 7.32. The molecule has 1 aromatic rings. The lowest BCUT2D eigenvalue weighted by molar-refractivity contribution is -0.115. The maximum Gasteiger partial charge on any atom is 0.251 e. The molecule has 0 saturated heterocycles. The van der Waals surface area contributed by atoms with Gasteiger partial charge >= 0.3 is 0 Å². The van der Waals surface area contributed by atoms with E-state index in [2.05, 4.69) is 16.0 Å². The lowest BCUT2D eigenvalue weighted by Gasteiger charge is -2.10. The number of hydrogen-bond donors (Lipinski definition) is 3. The van der Waals surface area contributed by atoms with Crippen molar-refractivity contribution < 1.29 is 9.59 Å². The molecule has 104 valence electrons. The molecule has 0 bridgehead atoms. The minimum atomic E-state index is -0.101. The van der Waals surface area contributed by atoms with Crippen molar-refractivity contribution in [2.75, 3.05) is 25.0 Å². The quantitative estimate of drug-likeness (QED) is 0.724. The Morgan fingerprint density at radius 3 is 2.47 bits per heavy atom. The zero-order chi connectivity index (χ0) is 14.3. The van der Waals surface area contributed by atoms with Crippen LogP contribution in [0.15, 0.2) is 18.2 Å². The first kappa shape index (κ1) is 15.2. The fourth-order valence-electron chi connectivity index (χ4n) is 1.64. The van der Waals surface area contributed by atoms with E-state index in [1.54, 1.807) is 18.2 Å². The fourth-order valence-corrected chi connectivity index (χ4v) is 1.64. The maximum atomic E-state index is 11.7. The van der Waals surface area contributed by atoms with Crippen molar-refractivity contribution in [2.24, 2.45) is 0 Å². The van der Waals surface area contributed by atoms with Gasteiger partial charge in [-0.25, -0.2) is 0 Å². The van der Waals surface area contributed by atoms with Crippen molar-refractivity contribution >= 4 is 17.5 Å². The Balaban J connectivity index is 2.72. The minimum absolute atomic E-state index is 0.0873. The fraction of sp³-hybridized carbons (Fsp3) is 0.429. The van der Waals surface area contributed by atoms with E-state index in [1.807, 2.05) is 20.8 Å². The van der Waals surface area contributed by atoms with Gasteiger partial charge in [-0.2, -0.15) is 0 Å². The number of rotatable bonds is 6. The molecular formula is C14H21N3O2. The first-order valence-corrected chi connectivity index (χ1v) is 6.47. The number of likely N-dealkylation sites (N-methyl/N-ethyl adjacent to an activating group) is 1. The molecule has 0 spiro atoms. The molecule has 0 saturated carbocycles. The molecule has 3 N–H and O–H groups in total. The Kier molecular flexibility index (Phi) is 6.02. The van der Waals surface area contributed by atoms with Gasteiger partial charge in [0.1, 0.15) is 0 Å². The van der Waals surface area contributed by atoms with Crippen LogP contribution in [0.4, 0.5) is 5.69 Å². The highest BCUT2D eigenvalue weighted by molar-refractivity contribution is 5.96. The van der Waals surface area contributed by atoms with Crippen molar-refractivity contribution in [1.29, 1.82) is 0 Å². The molecule has 2 amide bonds. The van der Waals surface area contributed by atoms with Crippen LogP contribution in [0.25, 0.3) is 0 Å². The standard InChI is InChI=1S/C14H21N3O2/c1-4-15-9-13(18)17-12-7-6-11(8-10(12)3)14(19)16-5-2/h6-8,15H,4-5,9H2,1-3H3,(H,16,19)(H,17,18). The van der Waals surface area contributed by atoms with Crippen LogP contribution in [0.1, 0.15) is 29.8 Å². The summed E-state index contributed by atoms with van der Waals surface area (Å²) in [4.78, 5) is 23.3. The van der Waals surface area contributed by atoms with Gasteiger partial charge in [-0.3, -0.25) is 9.59 Å². The van der Waals surface area contributed by atoms with Gasteiger partial charge in [0.15, 0.2) is 0 Å². The Bertz CT molecular complexity index is 458. The third kappa shape index (κ3) is 4.71. The van der Waals surface area contributed by atoms with Gasteiger partial charge < -0.3 is 16.0 Å². The van der Waals surface area contributed by atoms with Crippen molar-refractivity contribution in [2.45, 2.75) is 20.8 Å². The molecule has 0 aromatic heterocycles. The number of hydrogen-bond acceptors (Lipinski definition) is 3. The molecule has 5 heteroatoms. The van der Waals surface area contributed by atoms with Gasteiger partial charge in [0.2, 0.25) is 5.91 Å². The smallest absolute Gasteiger partial charge is 0.251 e. The van der Waals surface area contributed by atoms with Crippen LogP contribution in [-0.4, -0.2) is 31.4 Å². The van der Waals surface area contributed by atoms with Crippen molar-refractivity contribution in [1.82, 2.24) is 10.6 Å². The molecular weight excluding hydrogens is 242 g/mol. The average Bonchev–Trinajstić information content (AvgIpc) is 2.39. The van der Waals surface area contributed by atoms with Gasteiger partial charge in [-0.05, 0) is 44.2 Å².